The molecule has 0 fully saturated rings. The lowest BCUT2D eigenvalue weighted by Crippen LogP contribution is -2.38. The zero-order valence-electron chi connectivity index (χ0n) is 17.0. The van der Waals surface area contributed by atoms with E-state index in [1.54, 1.807) is 6.07 Å². The number of halogens is 3. The van der Waals surface area contributed by atoms with Crippen LogP contribution in [0.5, 0.6) is 0 Å². The molecular formula is C19H29Cl2IN6S. The van der Waals surface area contributed by atoms with Crippen LogP contribution in [0.4, 0.5) is 0 Å². The molecule has 1 aromatic carbocycles. The summed E-state index contributed by atoms with van der Waals surface area (Å²) in [4.78, 5) is 4.66. The molecule has 6 nitrogen and oxygen atoms in total. The second-order valence-electron chi connectivity index (χ2n) is 6.43. The molecular weight excluding hydrogens is 542 g/mol. The summed E-state index contributed by atoms with van der Waals surface area (Å²) in [5.74, 6) is 3.64. The quantitative estimate of drug-likeness (QED) is 0.191. The monoisotopic (exact) mass is 570 g/mol. The summed E-state index contributed by atoms with van der Waals surface area (Å²) in [6.07, 6.45) is 5.03. The zero-order chi connectivity index (χ0) is 20.4. The standard InChI is InChI=1S/C19H28Cl2N6S.HI/c1-14-25-26-18(27(14)2)13-24-19(23-10-5-11-28-3)22-9-4-6-15-7-8-16(20)12-17(15)21;/h7-8,12H,4-6,9-11,13H2,1-3H3,(H2,22,23,24);1H. The Morgan fingerprint density at radius 3 is 2.52 bits per heavy atom. The van der Waals surface area contributed by atoms with E-state index in [0.29, 0.717) is 16.6 Å². The van der Waals surface area contributed by atoms with Crippen molar-refractivity contribution in [1.82, 2.24) is 25.4 Å². The van der Waals surface area contributed by atoms with Crippen molar-refractivity contribution in [2.24, 2.45) is 12.0 Å². The molecule has 162 valence electrons. The smallest absolute Gasteiger partial charge is 0.191 e. The fourth-order valence-electron chi connectivity index (χ4n) is 2.55. The van der Waals surface area contributed by atoms with Gasteiger partial charge in [-0.3, -0.25) is 0 Å². The molecule has 0 saturated carbocycles. The van der Waals surface area contributed by atoms with Gasteiger partial charge < -0.3 is 15.2 Å². The van der Waals surface area contributed by atoms with E-state index in [0.717, 1.165) is 61.3 Å². The van der Waals surface area contributed by atoms with E-state index in [1.807, 2.05) is 42.4 Å². The number of nitrogens with one attached hydrogen (secondary N) is 2. The van der Waals surface area contributed by atoms with Gasteiger partial charge in [-0.15, -0.1) is 34.2 Å². The van der Waals surface area contributed by atoms with Gasteiger partial charge in [0, 0.05) is 30.2 Å². The summed E-state index contributed by atoms with van der Waals surface area (Å²) < 4.78 is 1.96. The largest absolute Gasteiger partial charge is 0.356 e. The van der Waals surface area contributed by atoms with E-state index >= 15 is 0 Å². The van der Waals surface area contributed by atoms with Crippen LogP contribution in [-0.4, -0.2) is 45.8 Å². The molecule has 2 N–H and O–H groups in total. The Hall–Kier alpha value is -0.710. The first-order valence-electron chi connectivity index (χ1n) is 9.31. The molecule has 0 radical (unpaired) electrons. The topological polar surface area (TPSA) is 67.1 Å². The van der Waals surface area contributed by atoms with Gasteiger partial charge >= 0.3 is 0 Å². The minimum atomic E-state index is 0. The summed E-state index contributed by atoms with van der Waals surface area (Å²) in [6.45, 7) is 4.10. The van der Waals surface area contributed by atoms with E-state index in [2.05, 4.69) is 32.1 Å². The van der Waals surface area contributed by atoms with E-state index in [9.17, 15) is 0 Å². The summed E-state index contributed by atoms with van der Waals surface area (Å²) in [5.41, 5.74) is 1.11. The van der Waals surface area contributed by atoms with Crippen molar-refractivity contribution >= 4 is 64.9 Å². The molecule has 0 aliphatic heterocycles. The third kappa shape index (κ3) is 9.31. The minimum absolute atomic E-state index is 0. The Labute approximate surface area is 204 Å². The highest BCUT2D eigenvalue weighted by molar-refractivity contribution is 14.0. The minimum Gasteiger partial charge on any atom is -0.356 e. The summed E-state index contributed by atoms with van der Waals surface area (Å²) in [6, 6.07) is 5.64. The lowest BCUT2D eigenvalue weighted by Gasteiger charge is -2.13. The molecule has 2 aromatic rings. The average molecular weight is 571 g/mol. The van der Waals surface area contributed by atoms with Gasteiger partial charge in [-0.25, -0.2) is 4.99 Å². The lowest BCUT2D eigenvalue weighted by molar-refractivity contribution is 0.720. The van der Waals surface area contributed by atoms with Crippen LogP contribution in [0.1, 0.15) is 30.1 Å². The first-order valence-corrected chi connectivity index (χ1v) is 11.5. The van der Waals surface area contributed by atoms with Gasteiger partial charge in [0.05, 0.1) is 0 Å². The molecule has 0 bridgehead atoms. The Bertz CT molecular complexity index is 784. The Morgan fingerprint density at radius 2 is 1.90 bits per heavy atom. The Kier molecular flexibility index (Phi) is 13.0. The lowest BCUT2D eigenvalue weighted by atomic mass is 10.1. The molecule has 0 unspecified atom stereocenters. The van der Waals surface area contributed by atoms with Crippen LogP contribution in [0.2, 0.25) is 10.0 Å². The summed E-state index contributed by atoms with van der Waals surface area (Å²) in [7, 11) is 1.95. The SMILES string of the molecule is CSCCCNC(=NCc1nnc(C)n1C)NCCCc1ccc(Cl)cc1Cl.I. The number of nitrogens with zero attached hydrogens (tertiary/aromatic N) is 4. The number of guanidine groups is 1. The van der Waals surface area contributed by atoms with Crippen molar-refractivity contribution in [2.45, 2.75) is 32.7 Å². The third-order valence-electron chi connectivity index (χ3n) is 4.31. The maximum absolute atomic E-state index is 6.25. The normalized spacial score (nSPS) is 11.3. The number of benzene rings is 1. The first kappa shape index (κ1) is 26.3. The van der Waals surface area contributed by atoms with Gasteiger partial charge in [0.2, 0.25) is 0 Å². The highest BCUT2D eigenvalue weighted by atomic mass is 127. The first-order chi connectivity index (χ1) is 13.5. The number of rotatable bonds is 10. The van der Waals surface area contributed by atoms with Crippen molar-refractivity contribution < 1.29 is 0 Å². The number of aromatic nitrogens is 3. The number of hydrogen-bond acceptors (Lipinski definition) is 4. The van der Waals surface area contributed by atoms with Crippen LogP contribution in [0.25, 0.3) is 0 Å². The van der Waals surface area contributed by atoms with Gasteiger partial charge in [-0.1, -0.05) is 29.3 Å². The molecule has 1 heterocycles. The molecule has 10 heteroatoms. The maximum atomic E-state index is 6.25. The van der Waals surface area contributed by atoms with Crippen molar-refractivity contribution in [3.63, 3.8) is 0 Å². The number of aliphatic imine (C=N–C) groups is 1. The third-order valence-corrected chi connectivity index (χ3v) is 5.59. The van der Waals surface area contributed by atoms with Crippen LogP contribution >= 0.6 is 58.9 Å². The second-order valence-corrected chi connectivity index (χ2v) is 8.26. The van der Waals surface area contributed by atoms with Gasteiger partial charge in [0.1, 0.15) is 12.4 Å². The molecule has 0 aliphatic rings. The molecule has 1 aromatic heterocycles. The van der Waals surface area contributed by atoms with Gasteiger partial charge in [-0.2, -0.15) is 11.8 Å². The number of hydrogen-bond donors (Lipinski definition) is 2. The van der Waals surface area contributed by atoms with Crippen molar-refractivity contribution in [2.75, 3.05) is 25.1 Å². The maximum Gasteiger partial charge on any atom is 0.191 e. The van der Waals surface area contributed by atoms with Crippen molar-refractivity contribution in [3.8, 4) is 0 Å². The summed E-state index contributed by atoms with van der Waals surface area (Å²) >= 11 is 14.0. The van der Waals surface area contributed by atoms with E-state index in [4.69, 9.17) is 23.2 Å². The van der Waals surface area contributed by atoms with E-state index in [1.165, 1.54) is 0 Å². The molecule has 2 rings (SSSR count). The Balaban J connectivity index is 0.00000420. The van der Waals surface area contributed by atoms with Crippen LogP contribution < -0.4 is 10.6 Å². The molecule has 0 saturated heterocycles. The molecule has 29 heavy (non-hydrogen) atoms. The van der Waals surface area contributed by atoms with E-state index in [-0.39, 0.29) is 24.0 Å². The molecule has 0 amide bonds. The predicted octanol–water partition coefficient (Wildman–Crippen LogP) is 4.47. The van der Waals surface area contributed by atoms with Crippen LogP contribution in [-0.2, 0) is 20.0 Å². The second kappa shape index (κ2) is 14.3. The van der Waals surface area contributed by atoms with Gasteiger partial charge in [0.15, 0.2) is 11.8 Å². The Morgan fingerprint density at radius 1 is 1.17 bits per heavy atom. The van der Waals surface area contributed by atoms with Crippen LogP contribution in [0.3, 0.4) is 0 Å². The molecule has 0 aliphatic carbocycles. The van der Waals surface area contributed by atoms with E-state index < -0.39 is 0 Å². The number of aryl methyl sites for hydroxylation is 2. The zero-order valence-corrected chi connectivity index (χ0v) is 21.7. The van der Waals surface area contributed by atoms with Crippen molar-refractivity contribution in [1.29, 1.82) is 0 Å². The summed E-state index contributed by atoms with van der Waals surface area (Å²) in [5, 5.41) is 16.4. The average Bonchev–Trinajstić information content (AvgIpc) is 2.99. The molecule has 0 spiro atoms. The van der Waals surface area contributed by atoms with Crippen LogP contribution in [0, 0.1) is 6.92 Å². The van der Waals surface area contributed by atoms with Crippen molar-refractivity contribution in [3.05, 3.63) is 45.5 Å². The fourth-order valence-corrected chi connectivity index (χ4v) is 3.48. The predicted molar refractivity (Wildman–Crippen MR) is 136 cm³/mol. The van der Waals surface area contributed by atoms with Crippen LogP contribution in [0.15, 0.2) is 23.2 Å². The van der Waals surface area contributed by atoms with Gasteiger partial charge in [-0.05, 0) is 55.9 Å². The molecule has 0 atom stereocenters. The fraction of sp³-hybridized carbons (Fsp3) is 0.526. The highest BCUT2D eigenvalue weighted by Gasteiger charge is 2.06. The highest BCUT2D eigenvalue weighted by Crippen LogP contribution is 2.21. The van der Waals surface area contributed by atoms with Gasteiger partial charge in [0.25, 0.3) is 0 Å². The number of thioether (sulfide) groups is 1.